The van der Waals surface area contributed by atoms with Gasteiger partial charge in [0.25, 0.3) is 0 Å². The first-order valence-electron chi connectivity index (χ1n) is 6.03. The molecule has 0 aromatic carbocycles. The number of hydrogen-bond donors (Lipinski definition) is 0. The molecule has 2 unspecified atom stereocenters. The summed E-state index contributed by atoms with van der Waals surface area (Å²) in [5.74, 6) is 0.572. The number of carbonyl (C=O) groups excluding carboxylic acids is 1. The number of Topliss-reactive ketones (excluding diaryl/α,β-unsaturated/α-hetero) is 1. The minimum Gasteiger partial charge on any atom is -0.378 e. The molecule has 0 amide bonds. The third kappa shape index (κ3) is 3.58. The van der Waals surface area contributed by atoms with E-state index >= 15 is 0 Å². The maximum absolute atomic E-state index is 11.8. The van der Waals surface area contributed by atoms with E-state index in [0.717, 1.165) is 32.6 Å². The molecule has 0 saturated carbocycles. The maximum Gasteiger partial charge on any atom is 0.149 e. The van der Waals surface area contributed by atoms with Gasteiger partial charge in [-0.05, 0) is 12.8 Å². The molecule has 1 aliphatic heterocycles. The smallest absolute Gasteiger partial charge is 0.149 e. The second-order valence-corrected chi connectivity index (χ2v) is 4.38. The average molecular weight is 213 g/mol. The molecule has 15 heavy (non-hydrogen) atoms. The summed E-state index contributed by atoms with van der Waals surface area (Å²) >= 11 is 0. The van der Waals surface area contributed by atoms with E-state index in [-0.39, 0.29) is 5.92 Å². The number of nitrogens with zero attached hydrogens (tertiary/aromatic N) is 1. The minimum atomic E-state index is 0.199. The van der Waals surface area contributed by atoms with Gasteiger partial charge < -0.3 is 4.74 Å². The third-order valence-electron chi connectivity index (χ3n) is 3.34. The molecule has 0 bridgehead atoms. The van der Waals surface area contributed by atoms with Crippen molar-refractivity contribution in [3.05, 3.63) is 0 Å². The van der Waals surface area contributed by atoms with Crippen molar-refractivity contribution in [2.45, 2.75) is 39.7 Å². The number of ether oxygens (including phenoxy) is 1. The highest BCUT2D eigenvalue weighted by molar-refractivity contribution is 5.82. The van der Waals surface area contributed by atoms with Gasteiger partial charge in [0.1, 0.15) is 5.78 Å². The summed E-state index contributed by atoms with van der Waals surface area (Å²) < 4.78 is 5.42. The topological polar surface area (TPSA) is 29.5 Å². The average Bonchev–Trinajstić information content (AvgIpc) is 2.28. The molecule has 0 aromatic rings. The monoisotopic (exact) mass is 213 g/mol. The fraction of sp³-hybridized carbons (Fsp3) is 0.917. The summed E-state index contributed by atoms with van der Waals surface area (Å²) in [7, 11) is 0. The van der Waals surface area contributed by atoms with Gasteiger partial charge in [-0.1, -0.05) is 20.8 Å². The van der Waals surface area contributed by atoms with Gasteiger partial charge in [-0.25, -0.2) is 0 Å². The first-order chi connectivity index (χ1) is 7.19. The Hall–Kier alpha value is -0.410. The molecule has 2 atom stereocenters. The Labute approximate surface area is 92.8 Å². The van der Waals surface area contributed by atoms with Crippen molar-refractivity contribution in [1.82, 2.24) is 4.90 Å². The highest BCUT2D eigenvalue weighted by atomic mass is 16.5. The predicted molar refractivity (Wildman–Crippen MR) is 60.9 cm³/mol. The van der Waals surface area contributed by atoms with Crippen molar-refractivity contribution in [1.29, 1.82) is 0 Å². The standard InChI is InChI=1S/C12H23NO2/c1-4-10(3)12(14)8-13-6-7-15-9-11(13)5-2/h10-11H,4-9H2,1-3H3. The van der Waals surface area contributed by atoms with Crippen LogP contribution in [-0.2, 0) is 9.53 Å². The lowest BCUT2D eigenvalue weighted by molar-refractivity contribution is -0.126. The van der Waals surface area contributed by atoms with Crippen LogP contribution in [0, 0.1) is 5.92 Å². The third-order valence-corrected chi connectivity index (χ3v) is 3.34. The summed E-state index contributed by atoms with van der Waals surface area (Å²) in [5.41, 5.74) is 0. The number of rotatable bonds is 5. The highest BCUT2D eigenvalue weighted by Crippen LogP contribution is 2.12. The Morgan fingerprint density at radius 2 is 2.27 bits per heavy atom. The first kappa shape index (κ1) is 12.7. The van der Waals surface area contributed by atoms with Crippen LogP contribution in [0.2, 0.25) is 0 Å². The lowest BCUT2D eigenvalue weighted by atomic mass is 10.0. The van der Waals surface area contributed by atoms with Gasteiger partial charge >= 0.3 is 0 Å². The largest absolute Gasteiger partial charge is 0.378 e. The van der Waals surface area contributed by atoms with E-state index in [9.17, 15) is 4.79 Å². The van der Waals surface area contributed by atoms with Crippen molar-refractivity contribution in [3.8, 4) is 0 Å². The van der Waals surface area contributed by atoms with Crippen LogP contribution in [0.4, 0.5) is 0 Å². The predicted octanol–water partition coefficient (Wildman–Crippen LogP) is 1.71. The van der Waals surface area contributed by atoms with Crippen LogP contribution in [0.25, 0.3) is 0 Å². The van der Waals surface area contributed by atoms with E-state index < -0.39 is 0 Å². The Balaban J connectivity index is 2.44. The van der Waals surface area contributed by atoms with E-state index in [2.05, 4.69) is 18.7 Å². The van der Waals surface area contributed by atoms with Crippen LogP contribution in [0.15, 0.2) is 0 Å². The van der Waals surface area contributed by atoms with Crippen molar-refractivity contribution < 1.29 is 9.53 Å². The van der Waals surface area contributed by atoms with Gasteiger partial charge in [0, 0.05) is 18.5 Å². The molecule has 0 aromatic heterocycles. The quantitative estimate of drug-likeness (QED) is 0.696. The Kier molecular flexibility index (Phi) is 5.26. The Bertz CT molecular complexity index is 206. The summed E-state index contributed by atoms with van der Waals surface area (Å²) in [5, 5.41) is 0. The van der Waals surface area contributed by atoms with E-state index in [0.29, 0.717) is 18.4 Å². The molecule has 88 valence electrons. The second-order valence-electron chi connectivity index (χ2n) is 4.38. The molecule has 3 nitrogen and oxygen atoms in total. The number of ketones is 1. The summed E-state index contributed by atoms with van der Waals surface area (Å²) in [4.78, 5) is 14.1. The molecule has 1 heterocycles. The van der Waals surface area contributed by atoms with Crippen LogP contribution >= 0.6 is 0 Å². The summed E-state index contributed by atoms with van der Waals surface area (Å²) in [6.45, 7) is 9.30. The van der Waals surface area contributed by atoms with Crippen molar-refractivity contribution in [2.24, 2.45) is 5.92 Å². The molecule has 1 rings (SSSR count). The van der Waals surface area contributed by atoms with Crippen LogP contribution in [0.5, 0.6) is 0 Å². The SMILES string of the molecule is CCC(C)C(=O)CN1CCOCC1CC. The lowest BCUT2D eigenvalue weighted by Gasteiger charge is -2.34. The van der Waals surface area contributed by atoms with E-state index in [1.807, 2.05) is 6.92 Å². The molecular formula is C12H23NO2. The zero-order valence-electron chi connectivity index (χ0n) is 10.2. The molecule has 1 fully saturated rings. The van der Waals surface area contributed by atoms with E-state index in [1.165, 1.54) is 0 Å². The lowest BCUT2D eigenvalue weighted by Crippen LogP contribution is -2.47. The van der Waals surface area contributed by atoms with Crippen LogP contribution in [0.3, 0.4) is 0 Å². The molecule has 3 heteroatoms. The molecule has 0 spiro atoms. The van der Waals surface area contributed by atoms with Crippen LogP contribution in [0.1, 0.15) is 33.6 Å². The first-order valence-corrected chi connectivity index (χ1v) is 6.03. The van der Waals surface area contributed by atoms with Gasteiger partial charge in [0.05, 0.1) is 19.8 Å². The second kappa shape index (κ2) is 6.23. The Morgan fingerprint density at radius 1 is 1.53 bits per heavy atom. The maximum atomic E-state index is 11.8. The Morgan fingerprint density at radius 3 is 2.87 bits per heavy atom. The molecular weight excluding hydrogens is 190 g/mol. The fourth-order valence-electron chi connectivity index (χ4n) is 1.86. The normalized spacial score (nSPS) is 25.1. The number of morpholine rings is 1. The van der Waals surface area contributed by atoms with Crippen molar-refractivity contribution >= 4 is 5.78 Å². The van der Waals surface area contributed by atoms with Gasteiger partial charge in [0.2, 0.25) is 0 Å². The zero-order chi connectivity index (χ0) is 11.3. The molecule has 1 saturated heterocycles. The van der Waals surface area contributed by atoms with Crippen LogP contribution in [-0.4, -0.2) is 43.0 Å². The van der Waals surface area contributed by atoms with Gasteiger partial charge in [0.15, 0.2) is 0 Å². The summed E-state index contributed by atoms with van der Waals surface area (Å²) in [6, 6.07) is 0.437. The van der Waals surface area contributed by atoms with Gasteiger partial charge in [-0.3, -0.25) is 9.69 Å². The van der Waals surface area contributed by atoms with E-state index in [4.69, 9.17) is 4.74 Å². The molecule has 0 radical (unpaired) electrons. The van der Waals surface area contributed by atoms with Crippen LogP contribution < -0.4 is 0 Å². The summed E-state index contributed by atoms with van der Waals surface area (Å²) in [6.07, 6.45) is 2.01. The van der Waals surface area contributed by atoms with E-state index in [1.54, 1.807) is 0 Å². The van der Waals surface area contributed by atoms with Crippen molar-refractivity contribution in [2.75, 3.05) is 26.3 Å². The number of carbonyl (C=O) groups is 1. The molecule has 0 aliphatic carbocycles. The highest BCUT2D eigenvalue weighted by Gasteiger charge is 2.24. The molecule has 1 aliphatic rings. The van der Waals surface area contributed by atoms with Gasteiger partial charge in [-0.15, -0.1) is 0 Å². The number of hydrogen-bond acceptors (Lipinski definition) is 3. The zero-order valence-corrected chi connectivity index (χ0v) is 10.2. The van der Waals surface area contributed by atoms with Gasteiger partial charge in [-0.2, -0.15) is 0 Å². The molecule has 0 N–H and O–H groups in total. The minimum absolute atomic E-state index is 0.199. The fourth-order valence-corrected chi connectivity index (χ4v) is 1.86. The van der Waals surface area contributed by atoms with Crippen molar-refractivity contribution in [3.63, 3.8) is 0 Å².